The third kappa shape index (κ3) is 4.19. The van der Waals surface area contributed by atoms with Gasteiger partial charge >= 0.3 is 5.97 Å². The molecule has 0 amide bonds. The van der Waals surface area contributed by atoms with Gasteiger partial charge in [0.15, 0.2) is 0 Å². The van der Waals surface area contributed by atoms with Crippen molar-refractivity contribution in [3.05, 3.63) is 33.4 Å². The van der Waals surface area contributed by atoms with Gasteiger partial charge in [-0.05, 0) is 25.5 Å². The average Bonchev–Trinajstić information content (AvgIpc) is 2.44. The second-order valence-corrected chi connectivity index (χ2v) is 4.03. The fraction of sp³-hybridized carbons (Fsp3) is 0.357. The Bertz CT molecular complexity index is 614. The Hall–Kier alpha value is -2.59. The van der Waals surface area contributed by atoms with E-state index in [4.69, 9.17) is 4.74 Å². The van der Waals surface area contributed by atoms with E-state index in [1.54, 1.807) is 13.8 Å². The van der Waals surface area contributed by atoms with Crippen LogP contribution in [-0.4, -0.2) is 29.7 Å². The second-order valence-electron chi connectivity index (χ2n) is 4.03. The van der Waals surface area contributed by atoms with Crippen molar-refractivity contribution in [2.45, 2.75) is 20.0 Å². The van der Waals surface area contributed by atoms with Gasteiger partial charge in [-0.3, -0.25) is 10.1 Å². The number of rotatable bonds is 4. The van der Waals surface area contributed by atoms with Gasteiger partial charge in [0, 0.05) is 12.0 Å². The predicted molar refractivity (Wildman–Crippen MR) is 73.8 cm³/mol. The second kappa shape index (κ2) is 7.26. The first-order chi connectivity index (χ1) is 9.90. The Balaban J connectivity index is 3.21. The summed E-state index contributed by atoms with van der Waals surface area (Å²) in [4.78, 5) is 21.5. The normalized spacial score (nSPS) is 11.0. The summed E-state index contributed by atoms with van der Waals surface area (Å²) in [6, 6.07) is 2.61. The number of methoxy groups -OCH3 is 1. The quantitative estimate of drug-likeness (QED) is 0.297. The number of hydrogen-bond acceptors (Lipinski definition) is 6. The van der Waals surface area contributed by atoms with Gasteiger partial charge in [0.25, 0.3) is 5.69 Å². The number of carbonyl (C=O) groups is 1. The van der Waals surface area contributed by atoms with E-state index in [2.05, 4.69) is 16.6 Å². The molecule has 1 rings (SSSR count). The summed E-state index contributed by atoms with van der Waals surface area (Å²) < 4.78 is 9.65. The predicted octanol–water partition coefficient (Wildman–Crippen LogP) is 1.51. The highest BCUT2D eigenvalue weighted by molar-refractivity contribution is 5.88. The van der Waals surface area contributed by atoms with Gasteiger partial charge in [0.05, 0.1) is 24.2 Å². The van der Waals surface area contributed by atoms with Crippen molar-refractivity contribution in [1.82, 2.24) is 0 Å². The number of nitro benzene ring substituents is 1. The van der Waals surface area contributed by atoms with E-state index in [9.17, 15) is 20.0 Å². The Labute approximate surface area is 121 Å². The number of hydrogen-bond donors (Lipinski definition) is 1. The van der Waals surface area contributed by atoms with Crippen LogP contribution in [0.2, 0.25) is 0 Å². The smallest absolute Gasteiger partial charge is 0.384 e. The zero-order valence-electron chi connectivity index (χ0n) is 11.9. The number of aliphatic hydroxyl groups is 1. The molecule has 0 aliphatic rings. The van der Waals surface area contributed by atoms with E-state index >= 15 is 0 Å². The van der Waals surface area contributed by atoms with Crippen LogP contribution < -0.4 is 4.74 Å². The van der Waals surface area contributed by atoms with Crippen molar-refractivity contribution in [3.63, 3.8) is 0 Å². The van der Waals surface area contributed by atoms with Crippen LogP contribution in [0.1, 0.15) is 24.2 Å². The lowest BCUT2D eigenvalue weighted by atomic mass is 10.0. The molecule has 0 radical (unpaired) electrons. The third-order valence-electron chi connectivity index (χ3n) is 2.62. The van der Waals surface area contributed by atoms with Crippen LogP contribution in [0, 0.1) is 28.9 Å². The number of carbonyl (C=O) groups excluding carboxylic acids is 1. The van der Waals surface area contributed by atoms with Crippen LogP contribution in [0.25, 0.3) is 0 Å². The third-order valence-corrected chi connectivity index (χ3v) is 2.62. The van der Waals surface area contributed by atoms with Gasteiger partial charge in [-0.25, -0.2) is 4.79 Å². The van der Waals surface area contributed by atoms with Gasteiger partial charge < -0.3 is 14.6 Å². The Kier molecular flexibility index (Phi) is 5.69. The van der Waals surface area contributed by atoms with E-state index in [0.717, 1.165) is 0 Å². The maximum Gasteiger partial charge on any atom is 0.384 e. The van der Waals surface area contributed by atoms with Crippen LogP contribution in [0.15, 0.2) is 12.1 Å². The van der Waals surface area contributed by atoms with Crippen LogP contribution in [-0.2, 0) is 9.53 Å². The van der Waals surface area contributed by atoms with Gasteiger partial charge in [-0.2, -0.15) is 0 Å². The molecule has 0 saturated heterocycles. The molecule has 0 aliphatic carbocycles. The molecule has 0 saturated carbocycles. The summed E-state index contributed by atoms with van der Waals surface area (Å²) in [5.74, 6) is 3.87. The minimum Gasteiger partial charge on any atom is -0.496 e. The van der Waals surface area contributed by atoms with Gasteiger partial charge in [-0.1, -0.05) is 5.92 Å². The summed E-state index contributed by atoms with van der Waals surface area (Å²) in [5.41, 5.74) is 0.219. The highest BCUT2D eigenvalue weighted by atomic mass is 16.6. The minimum atomic E-state index is -1.50. The summed E-state index contributed by atoms with van der Waals surface area (Å²) in [5, 5.41) is 21.0. The lowest BCUT2D eigenvalue weighted by Crippen LogP contribution is -2.04. The Morgan fingerprint density at radius 3 is 2.71 bits per heavy atom. The molecule has 7 nitrogen and oxygen atoms in total. The van der Waals surface area contributed by atoms with Crippen LogP contribution in [0.4, 0.5) is 5.69 Å². The maximum atomic E-state index is 11.1. The van der Waals surface area contributed by atoms with Crippen LogP contribution >= 0.6 is 0 Å². The van der Waals surface area contributed by atoms with E-state index in [-0.39, 0.29) is 17.9 Å². The van der Waals surface area contributed by atoms with Gasteiger partial charge in [0.1, 0.15) is 11.9 Å². The maximum absolute atomic E-state index is 11.1. The molecule has 0 aliphatic heterocycles. The number of aryl methyl sites for hydroxylation is 1. The lowest BCUT2D eigenvalue weighted by Gasteiger charge is -2.10. The number of ether oxygens (including phenoxy) is 2. The summed E-state index contributed by atoms with van der Waals surface area (Å²) in [6.45, 7) is 3.42. The Morgan fingerprint density at radius 2 is 2.19 bits per heavy atom. The molecule has 1 N–H and O–H groups in total. The van der Waals surface area contributed by atoms with Crippen molar-refractivity contribution in [2.75, 3.05) is 13.7 Å². The minimum absolute atomic E-state index is 0.0424. The fourth-order valence-corrected chi connectivity index (χ4v) is 1.66. The molecular weight excluding hydrogens is 278 g/mol. The zero-order chi connectivity index (χ0) is 16.0. The molecule has 112 valence electrons. The summed E-state index contributed by atoms with van der Waals surface area (Å²) in [7, 11) is 1.41. The number of nitro groups is 1. The van der Waals surface area contributed by atoms with Crippen LogP contribution in [0.3, 0.4) is 0 Å². The molecule has 1 atom stereocenters. The van der Waals surface area contributed by atoms with Crippen molar-refractivity contribution < 1.29 is 24.3 Å². The molecule has 0 heterocycles. The molecular formula is C14H15NO6. The lowest BCUT2D eigenvalue weighted by molar-refractivity contribution is -0.386. The molecule has 21 heavy (non-hydrogen) atoms. The topological polar surface area (TPSA) is 98.9 Å². The van der Waals surface area contributed by atoms with Gasteiger partial charge in [-0.15, -0.1) is 0 Å². The largest absolute Gasteiger partial charge is 0.496 e. The molecule has 7 heteroatoms. The van der Waals surface area contributed by atoms with Crippen LogP contribution in [0.5, 0.6) is 5.75 Å². The first-order valence-electron chi connectivity index (χ1n) is 6.10. The standard InChI is InChI=1S/C14H15NO6/c1-4-21-14(17)6-5-12(16)10-8-13(20-3)9(2)7-11(10)15(18)19/h7-8,12,16H,4H2,1-3H3. The number of esters is 1. The van der Waals surface area contributed by atoms with Crippen molar-refractivity contribution in [2.24, 2.45) is 0 Å². The molecule has 0 bridgehead atoms. The zero-order valence-corrected chi connectivity index (χ0v) is 11.9. The molecule has 0 spiro atoms. The molecule has 1 aromatic carbocycles. The Morgan fingerprint density at radius 1 is 1.52 bits per heavy atom. The van der Waals surface area contributed by atoms with E-state index < -0.39 is 17.0 Å². The first-order valence-corrected chi connectivity index (χ1v) is 6.10. The molecule has 1 unspecified atom stereocenters. The van der Waals surface area contributed by atoms with E-state index in [0.29, 0.717) is 11.3 Å². The molecule has 0 aromatic heterocycles. The molecule has 1 aromatic rings. The van der Waals surface area contributed by atoms with Crippen molar-refractivity contribution >= 4 is 11.7 Å². The monoisotopic (exact) mass is 293 g/mol. The van der Waals surface area contributed by atoms with Gasteiger partial charge in [0.2, 0.25) is 0 Å². The fourth-order valence-electron chi connectivity index (χ4n) is 1.66. The first kappa shape index (κ1) is 16.5. The van der Waals surface area contributed by atoms with Crippen molar-refractivity contribution in [3.8, 4) is 17.6 Å². The number of nitrogens with zero attached hydrogens (tertiary/aromatic N) is 1. The van der Waals surface area contributed by atoms with E-state index in [1.165, 1.54) is 19.2 Å². The summed E-state index contributed by atoms with van der Waals surface area (Å²) >= 11 is 0. The van der Waals surface area contributed by atoms with Crippen molar-refractivity contribution in [1.29, 1.82) is 0 Å². The number of aliphatic hydroxyl groups excluding tert-OH is 1. The highest BCUT2D eigenvalue weighted by Crippen LogP contribution is 2.32. The highest BCUT2D eigenvalue weighted by Gasteiger charge is 2.22. The molecule has 0 fully saturated rings. The summed E-state index contributed by atoms with van der Waals surface area (Å²) in [6.07, 6.45) is -1.50. The average molecular weight is 293 g/mol. The number of benzene rings is 1. The van der Waals surface area contributed by atoms with E-state index in [1.807, 2.05) is 0 Å². The SMILES string of the molecule is CCOC(=O)C#CC(O)c1cc(OC)c(C)cc1[N+](=O)[O-].